The zero-order chi connectivity index (χ0) is 13.2. The quantitative estimate of drug-likeness (QED) is 0.879. The first-order valence-electron chi connectivity index (χ1n) is 7.09. The van der Waals surface area contributed by atoms with Crippen LogP contribution in [0.25, 0.3) is 0 Å². The van der Waals surface area contributed by atoms with Crippen molar-refractivity contribution < 1.29 is 9.53 Å². The molecule has 1 heterocycles. The topological polar surface area (TPSA) is 41.6 Å². The number of hydrogen-bond acceptors (Lipinski definition) is 3. The Kier molecular flexibility index (Phi) is 3.42. The molecule has 2 aliphatic rings. The number of rotatable bonds is 5. The first-order chi connectivity index (χ1) is 9.29. The highest BCUT2D eigenvalue weighted by Crippen LogP contribution is 2.32. The summed E-state index contributed by atoms with van der Waals surface area (Å²) in [5.41, 5.74) is 0.898. The van der Waals surface area contributed by atoms with Crippen LogP contribution in [0, 0.1) is 0 Å². The van der Waals surface area contributed by atoms with Crippen LogP contribution < -0.4 is 15.0 Å². The van der Waals surface area contributed by atoms with E-state index < -0.39 is 0 Å². The zero-order valence-electron chi connectivity index (χ0n) is 11.3. The van der Waals surface area contributed by atoms with Gasteiger partial charge in [-0.05, 0) is 38.3 Å². The van der Waals surface area contributed by atoms with Gasteiger partial charge in [0.15, 0.2) is 0 Å². The van der Waals surface area contributed by atoms with E-state index in [1.165, 1.54) is 12.8 Å². The number of ether oxygens (including phenoxy) is 1. The van der Waals surface area contributed by atoms with Gasteiger partial charge in [-0.25, -0.2) is 0 Å². The van der Waals surface area contributed by atoms with Crippen LogP contribution in [0.2, 0.25) is 0 Å². The van der Waals surface area contributed by atoms with Crippen LogP contribution in [0.3, 0.4) is 0 Å². The number of amides is 1. The lowest BCUT2D eigenvalue weighted by atomic mass is 10.2. The van der Waals surface area contributed by atoms with Gasteiger partial charge in [-0.15, -0.1) is 0 Å². The minimum absolute atomic E-state index is 0.0119. The second-order valence-electron chi connectivity index (χ2n) is 5.17. The molecule has 0 bridgehead atoms. The standard InChI is InChI=1S/C15H20N2O2/c1-2-19-14-6-4-3-5-13(14)17-10-9-12(15(17)18)16-11-7-8-11/h3-6,11-12,16H,2,7-10H2,1H3. The van der Waals surface area contributed by atoms with Crippen molar-refractivity contribution >= 4 is 11.6 Å². The summed E-state index contributed by atoms with van der Waals surface area (Å²) in [6.45, 7) is 3.34. The number of carbonyl (C=O) groups excluding carboxylic acids is 1. The van der Waals surface area contributed by atoms with Gasteiger partial charge in [0.25, 0.3) is 0 Å². The van der Waals surface area contributed by atoms with Crippen LogP contribution >= 0.6 is 0 Å². The lowest BCUT2D eigenvalue weighted by Gasteiger charge is -2.20. The minimum Gasteiger partial charge on any atom is -0.492 e. The first kappa shape index (κ1) is 12.5. The van der Waals surface area contributed by atoms with Gasteiger partial charge >= 0.3 is 0 Å². The molecule has 2 fully saturated rings. The van der Waals surface area contributed by atoms with Crippen LogP contribution in [0.1, 0.15) is 26.2 Å². The average Bonchev–Trinajstić information content (AvgIpc) is 3.16. The maximum absolute atomic E-state index is 12.4. The summed E-state index contributed by atoms with van der Waals surface area (Å²) in [6.07, 6.45) is 3.30. The Morgan fingerprint density at radius 2 is 2.11 bits per heavy atom. The van der Waals surface area contributed by atoms with Gasteiger partial charge in [0.05, 0.1) is 18.3 Å². The monoisotopic (exact) mass is 260 g/mol. The van der Waals surface area contributed by atoms with Crippen LogP contribution in [0.4, 0.5) is 5.69 Å². The van der Waals surface area contributed by atoms with E-state index >= 15 is 0 Å². The molecule has 1 amide bonds. The Morgan fingerprint density at radius 3 is 2.84 bits per heavy atom. The number of carbonyl (C=O) groups is 1. The molecule has 0 radical (unpaired) electrons. The van der Waals surface area contributed by atoms with E-state index in [1.54, 1.807) is 0 Å². The number of hydrogen-bond donors (Lipinski definition) is 1. The second-order valence-corrected chi connectivity index (χ2v) is 5.17. The Balaban J connectivity index is 1.76. The molecule has 1 aliphatic heterocycles. The van der Waals surface area contributed by atoms with Gasteiger partial charge in [-0.3, -0.25) is 4.79 Å². The van der Waals surface area contributed by atoms with Crippen molar-refractivity contribution in [2.24, 2.45) is 0 Å². The smallest absolute Gasteiger partial charge is 0.244 e. The summed E-state index contributed by atoms with van der Waals surface area (Å²) < 4.78 is 5.61. The molecular formula is C15H20N2O2. The van der Waals surface area contributed by atoms with Crippen LogP contribution in [0.5, 0.6) is 5.75 Å². The summed E-state index contributed by atoms with van der Waals surface area (Å²) in [5.74, 6) is 0.976. The molecule has 3 rings (SSSR count). The van der Waals surface area contributed by atoms with E-state index in [0.29, 0.717) is 12.6 Å². The maximum atomic E-state index is 12.4. The maximum Gasteiger partial charge on any atom is 0.244 e. The van der Waals surface area contributed by atoms with Gasteiger partial charge < -0.3 is 15.0 Å². The van der Waals surface area contributed by atoms with E-state index in [4.69, 9.17) is 4.74 Å². The Bertz CT molecular complexity index is 471. The molecule has 4 nitrogen and oxygen atoms in total. The molecule has 0 aromatic heterocycles. The Morgan fingerprint density at radius 1 is 1.32 bits per heavy atom. The average molecular weight is 260 g/mol. The molecule has 1 N–H and O–H groups in total. The number of para-hydroxylation sites is 2. The van der Waals surface area contributed by atoms with E-state index in [-0.39, 0.29) is 11.9 Å². The molecule has 1 saturated carbocycles. The van der Waals surface area contributed by atoms with Crippen LogP contribution in [-0.2, 0) is 4.79 Å². The molecule has 1 aromatic carbocycles. The van der Waals surface area contributed by atoms with Gasteiger partial charge in [-0.1, -0.05) is 12.1 Å². The van der Waals surface area contributed by atoms with E-state index in [2.05, 4.69) is 5.32 Å². The van der Waals surface area contributed by atoms with Crippen molar-refractivity contribution in [3.8, 4) is 5.75 Å². The summed E-state index contributed by atoms with van der Waals surface area (Å²) >= 11 is 0. The molecular weight excluding hydrogens is 240 g/mol. The lowest BCUT2D eigenvalue weighted by Crippen LogP contribution is -2.39. The Labute approximate surface area is 113 Å². The normalized spacial score (nSPS) is 22.9. The van der Waals surface area contributed by atoms with Crippen molar-refractivity contribution in [1.29, 1.82) is 0 Å². The highest BCUT2D eigenvalue weighted by Gasteiger charge is 2.36. The molecule has 19 heavy (non-hydrogen) atoms. The molecule has 1 saturated heterocycles. The predicted molar refractivity (Wildman–Crippen MR) is 74.5 cm³/mol. The molecule has 4 heteroatoms. The van der Waals surface area contributed by atoms with Gasteiger partial charge in [0.2, 0.25) is 5.91 Å². The fourth-order valence-electron chi connectivity index (χ4n) is 2.57. The third-order valence-corrected chi connectivity index (χ3v) is 3.68. The fraction of sp³-hybridized carbons (Fsp3) is 0.533. The van der Waals surface area contributed by atoms with Gasteiger partial charge in [0.1, 0.15) is 5.75 Å². The molecule has 102 valence electrons. The highest BCUT2D eigenvalue weighted by molar-refractivity contribution is 6.00. The molecule has 1 atom stereocenters. The van der Waals surface area contributed by atoms with E-state index in [9.17, 15) is 4.79 Å². The van der Waals surface area contributed by atoms with Crippen molar-refractivity contribution in [2.75, 3.05) is 18.1 Å². The lowest BCUT2D eigenvalue weighted by molar-refractivity contribution is -0.118. The number of benzene rings is 1. The first-order valence-corrected chi connectivity index (χ1v) is 7.09. The summed E-state index contributed by atoms with van der Waals surface area (Å²) in [4.78, 5) is 14.3. The van der Waals surface area contributed by atoms with Crippen LogP contribution in [-0.4, -0.2) is 31.1 Å². The molecule has 1 aromatic rings. The third kappa shape index (κ3) is 2.59. The van der Waals surface area contributed by atoms with Crippen LogP contribution in [0.15, 0.2) is 24.3 Å². The number of nitrogens with zero attached hydrogens (tertiary/aromatic N) is 1. The van der Waals surface area contributed by atoms with Gasteiger partial charge in [0, 0.05) is 12.6 Å². The minimum atomic E-state index is -0.0119. The van der Waals surface area contributed by atoms with Crippen molar-refractivity contribution in [1.82, 2.24) is 5.32 Å². The zero-order valence-corrected chi connectivity index (χ0v) is 11.3. The molecule has 1 aliphatic carbocycles. The number of anilines is 1. The summed E-state index contributed by atoms with van der Waals surface area (Å²) in [7, 11) is 0. The Hall–Kier alpha value is -1.55. The number of nitrogens with one attached hydrogen (secondary N) is 1. The predicted octanol–water partition coefficient (Wildman–Crippen LogP) is 1.94. The second kappa shape index (κ2) is 5.21. The SMILES string of the molecule is CCOc1ccccc1N1CCC(NC2CC2)C1=O. The third-order valence-electron chi connectivity index (χ3n) is 3.68. The molecule has 0 spiro atoms. The summed E-state index contributed by atoms with van der Waals surface area (Å²) in [5, 5.41) is 3.42. The van der Waals surface area contributed by atoms with Gasteiger partial charge in [-0.2, -0.15) is 0 Å². The van der Waals surface area contributed by atoms with E-state index in [1.807, 2.05) is 36.1 Å². The fourth-order valence-corrected chi connectivity index (χ4v) is 2.57. The van der Waals surface area contributed by atoms with E-state index in [0.717, 1.165) is 24.4 Å². The van der Waals surface area contributed by atoms with Crippen molar-refractivity contribution in [3.05, 3.63) is 24.3 Å². The molecule has 1 unspecified atom stereocenters. The summed E-state index contributed by atoms with van der Waals surface area (Å²) in [6, 6.07) is 8.33. The highest BCUT2D eigenvalue weighted by atomic mass is 16.5. The van der Waals surface area contributed by atoms with Crippen molar-refractivity contribution in [3.63, 3.8) is 0 Å². The largest absolute Gasteiger partial charge is 0.492 e. The van der Waals surface area contributed by atoms with Crippen molar-refractivity contribution in [2.45, 2.75) is 38.3 Å².